The summed E-state index contributed by atoms with van der Waals surface area (Å²) < 4.78 is 24.1. The Kier molecular flexibility index (Phi) is 16.4. The number of aryl methyl sites for hydroxylation is 1. The van der Waals surface area contributed by atoms with Gasteiger partial charge in [-0.25, -0.2) is 9.68 Å². The fourth-order valence-corrected chi connectivity index (χ4v) is 8.03. The normalized spacial score (nSPS) is 16.2. The first-order chi connectivity index (χ1) is 31.1. The van der Waals surface area contributed by atoms with Crippen molar-refractivity contribution in [3.8, 4) is 11.5 Å². The molecule has 0 spiro atoms. The van der Waals surface area contributed by atoms with Crippen molar-refractivity contribution < 1.29 is 59.0 Å². The molecule has 2 unspecified atom stereocenters. The summed E-state index contributed by atoms with van der Waals surface area (Å²) in [4.78, 5) is 40.7. The second-order valence-electron chi connectivity index (χ2n) is 15.6. The molecule has 0 aliphatic carbocycles. The van der Waals surface area contributed by atoms with Crippen LogP contribution in [0.15, 0.2) is 115 Å². The second-order valence-corrected chi connectivity index (χ2v) is 15.6. The van der Waals surface area contributed by atoms with E-state index in [2.05, 4.69) is 23.0 Å². The molecule has 0 aromatic heterocycles. The number of methoxy groups -OCH3 is 1. The number of nitrogens with zero attached hydrogens (tertiary/aromatic N) is 4. The number of para-hydroxylation sites is 1. The Balaban J connectivity index is 1.01. The predicted molar refractivity (Wildman–Crippen MR) is 231 cm³/mol. The summed E-state index contributed by atoms with van der Waals surface area (Å²) in [5.41, 5.74) is 7.15. The van der Waals surface area contributed by atoms with Gasteiger partial charge in [0.25, 0.3) is 11.8 Å². The fourth-order valence-electron chi connectivity index (χ4n) is 8.03. The fraction of sp³-hybridized carbons (Fsp3) is 0.333. The SMILES string of the molecule is COc1ccccc1COCCCOc1ccc(C2CCN(C(=O)c3ccc(CON(O)O)cc3)CC2OCc2ccc3c(c2)N(C(=O)c2ccc(CON(O)O)cc2)CCC3)cc1. The van der Waals surface area contributed by atoms with E-state index in [9.17, 15) is 9.59 Å². The number of rotatable bonds is 20. The van der Waals surface area contributed by atoms with E-state index in [-0.39, 0.29) is 54.4 Å². The van der Waals surface area contributed by atoms with Crippen LogP contribution in [0.2, 0.25) is 0 Å². The van der Waals surface area contributed by atoms with Crippen LogP contribution in [-0.4, -0.2) is 94.4 Å². The van der Waals surface area contributed by atoms with Crippen molar-refractivity contribution in [3.05, 3.63) is 160 Å². The van der Waals surface area contributed by atoms with E-state index in [1.165, 1.54) is 0 Å². The van der Waals surface area contributed by atoms with E-state index in [4.69, 9.17) is 44.6 Å². The van der Waals surface area contributed by atoms with Crippen LogP contribution in [0, 0.1) is 0 Å². The van der Waals surface area contributed by atoms with Crippen LogP contribution < -0.4 is 14.4 Å². The molecule has 0 radical (unpaired) electrons. The summed E-state index contributed by atoms with van der Waals surface area (Å²) in [5.74, 6) is 1.23. The molecule has 64 heavy (non-hydrogen) atoms. The summed E-state index contributed by atoms with van der Waals surface area (Å²) in [7, 11) is 1.65. The van der Waals surface area contributed by atoms with Crippen LogP contribution >= 0.6 is 0 Å². The lowest BCUT2D eigenvalue weighted by Gasteiger charge is -2.39. The van der Waals surface area contributed by atoms with Crippen LogP contribution in [0.3, 0.4) is 0 Å². The van der Waals surface area contributed by atoms with Gasteiger partial charge < -0.3 is 28.7 Å². The van der Waals surface area contributed by atoms with Gasteiger partial charge in [0, 0.05) is 54.4 Å². The third-order valence-corrected chi connectivity index (χ3v) is 11.4. The van der Waals surface area contributed by atoms with Crippen molar-refractivity contribution >= 4 is 17.5 Å². The van der Waals surface area contributed by atoms with Crippen molar-refractivity contribution in [2.75, 3.05) is 44.9 Å². The number of likely N-dealkylation sites (tertiary alicyclic amines) is 1. The van der Waals surface area contributed by atoms with E-state index in [1.54, 1.807) is 65.4 Å². The van der Waals surface area contributed by atoms with E-state index in [1.807, 2.05) is 48.5 Å². The topological polar surface area (TPSA) is 183 Å². The molecule has 7 rings (SSSR count). The predicted octanol–water partition coefficient (Wildman–Crippen LogP) is 7.51. The van der Waals surface area contributed by atoms with Gasteiger partial charge in [-0.05, 0) is 95.6 Å². The van der Waals surface area contributed by atoms with Crippen molar-refractivity contribution in [2.45, 2.75) is 64.1 Å². The zero-order valence-corrected chi connectivity index (χ0v) is 35.7. The molecule has 2 heterocycles. The van der Waals surface area contributed by atoms with Crippen molar-refractivity contribution in [3.63, 3.8) is 0 Å². The van der Waals surface area contributed by atoms with E-state index in [0.717, 1.165) is 52.3 Å². The Labute approximate surface area is 371 Å². The average molecular weight is 879 g/mol. The maximum absolute atomic E-state index is 13.9. The molecular weight excluding hydrogens is 825 g/mol. The maximum atomic E-state index is 13.9. The lowest BCUT2D eigenvalue weighted by atomic mass is 9.86. The van der Waals surface area contributed by atoms with Gasteiger partial charge >= 0.3 is 0 Å². The summed E-state index contributed by atoms with van der Waals surface area (Å²) in [6, 6.07) is 35.5. The zero-order valence-electron chi connectivity index (χ0n) is 35.7. The molecule has 4 N–H and O–H groups in total. The lowest BCUT2D eigenvalue weighted by Crippen LogP contribution is -2.46. The van der Waals surface area contributed by atoms with Crippen molar-refractivity contribution in [1.82, 2.24) is 15.7 Å². The van der Waals surface area contributed by atoms with Crippen LogP contribution in [0.1, 0.15) is 79.3 Å². The molecule has 2 amide bonds. The lowest BCUT2D eigenvalue weighted by molar-refractivity contribution is -0.497. The first kappa shape index (κ1) is 46.2. The van der Waals surface area contributed by atoms with Gasteiger partial charge in [0.1, 0.15) is 11.5 Å². The Morgan fingerprint density at radius 3 is 2.03 bits per heavy atom. The molecule has 0 bridgehead atoms. The number of hydrogen-bond acceptors (Lipinski definition) is 14. The van der Waals surface area contributed by atoms with E-state index < -0.39 is 0 Å². The smallest absolute Gasteiger partial charge is 0.258 e. The van der Waals surface area contributed by atoms with Gasteiger partial charge in [-0.3, -0.25) is 30.4 Å². The molecule has 16 nitrogen and oxygen atoms in total. The first-order valence-corrected chi connectivity index (χ1v) is 21.2. The van der Waals surface area contributed by atoms with Crippen molar-refractivity contribution in [1.29, 1.82) is 0 Å². The number of benzene rings is 5. The third-order valence-electron chi connectivity index (χ3n) is 11.4. The van der Waals surface area contributed by atoms with Gasteiger partial charge in [0.2, 0.25) is 0 Å². The molecular formula is C48H54N4O12. The molecule has 0 saturated carbocycles. The maximum Gasteiger partial charge on any atom is 0.258 e. The Morgan fingerprint density at radius 2 is 1.36 bits per heavy atom. The highest BCUT2D eigenvalue weighted by Crippen LogP contribution is 2.35. The second kappa shape index (κ2) is 22.7. The van der Waals surface area contributed by atoms with Gasteiger partial charge in [-0.2, -0.15) is 0 Å². The minimum Gasteiger partial charge on any atom is -0.496 e. The Hall–Kier alpha value is -5.76. The number of amides is 2. The number of ether oxygens (including phenoxy) is 4. The molecule has 338 valence electrons. The van der Waals surface area contributed by atoms with Crippen LogP contribution in [0.4, 0.5) is 5.69 Å². The summed E-state index contributed by atoms with van der Waals surface area (Å²) >= 11 is 0. The highest BCUT2D eigenvalue weighted by molar-refractivity contribution is 6.06. The summed E-state index contributed by atoms with van der Waals surface area (Å²) in [6.07, 6.45) is 2.67. The Morgan fingerprint density at radius 1 is 0.703 bits per heavy atom. The molecule has 1 fully saturated rings. The number of carbonyl (C=O) groups excluding carboxylic acids is 2. The molecule has 2 aliphatic heterocycles. The molecule has 5 aromatic carbocycles. The van der Waals surface area contributed by atoms with Gasteiger partial charge in [-0.1, -0.05) is 66.7 Å². The minimum absolute atomic E-state index is 0.0252. The van der Waals surface area contributed by atoms with E-state index in [0.29, 0.717) is 74.6 Å². The quantitative estimate of drug-likeness (QED) is 0.0445. The summed E-state index contributed by atoms with van der Waals surface area (Å²) in [5, 5.41) is 34.8. The minimum atomic E-state index is -0.363. The number of piperidine rings is 1. The summed E-state index contributed by atoms with van der Waals surface area (Å²) in [6.45, 7) is 3.00. The van der Waals surface area contributed by atoms with Crippen LogP contribution in [-0.2, 0) is 52.0 Å². The monoisotopic (exact) mass is 878 g/mol. The first-order valence-electron chi connectivity index (χ1n) is 21.2. The Bertz CT molecular complexity index is 2270. The third kappa shape index (κ3) is 12.5. The molecule has 1 saturated heterocycles. The number of anilines is 1. The zero-order chi connectivity index (χ0) is 44.8. The largest absolute Gasteiger partial charge is 0.496 e. The van der Waals surface area contributed by atoms with Crippen LogP contribution in [0.5, 0.6) is 11.5 Å². The standard InChI is InChI=1S/C48H54N4O12/c1-59-45-8-3-2-6-41(45)33-60-26-5-27-61-42-21-19-37(20-22-42)43-23-25-49(47(53)39-15-9-34(10-16-39)31-63-51(55)56)29-46(43)62-30-36-13-14-38-7-4-24-50(44(38)28-36)48(54)40-17-11-35(12-18-40)32-64-52(57)58/h2-3,6,8-22,28,43,46,55-58H,4-5,7,23-27,29-33H2,1H3. The number of carbonyl (C=O) groups is 2. The van der Waals surface area contributed by atoms with Gasteiger partial charge in [-0.15, -0.1) is 0 Å². The van der Waals surface area contributed by atoms with Crippen LogP contribution in [0.25, 0.3) is 0 Å². The number of hydrogen-bond donors (Lipinski definition) is 4. The molecule has 2 atom stereocenters. The molecule has 2 aliphatic rings. The van der Waals surface area contributed by atoms with Gasteiger partial charge in [0.15, 0.2) is 0 Å². The van der Waals surface area contributed by atoms with E-state index >= 15 is 0 Å². The molecule has 5 aromatic rings. The average Bonchev–Trinajstić information content (AvgIpc) is 3.33. The highest BCUT2D eigenvalue weighted by Gasteiger charge is 2.34. The number of fused-ring (bicyclic) bond motifs is 1. The highest BCUT2D eigenvalue weighted by atomic mass is 17.1. The van der Waals surface area contributed by atoms with Crippen molar-refractivity contribution in [2.24, 2.45) is 0 Å². The molecule has 16 heteroatoms. The van der Waals surface area contributed by atoms with Gasteiger partial charge in [0.05, 0.1) is 63.6 Å².